The van der Waals surface area contributed by atoms with E-state index in [1.54, 1.807) is 12.1 Å². The summed E-state index contributed by atoms with van der Waals surface area (Å²) in [6.07, 6.45) is -1.19. The lowest BCUT2D eigenvalue weighted by atomic mass is 9.78. The molecule has 1 N–H and O–H groups in total. The van der Waals surface area contributed by atoms with E-state index in [2.05, 4.69) is 5.16 Å². The Morgan fingerprint density at radius 1 is 1.24 bits per heavy atom. The van der Waals surface area contributed by atoms with Crippen molar-refractivity contribution in [3.8, 4) is 11.5 Å². The molecule has 12 heteroatoms. The van der Waals surface area contributed by atoms with Crippen molar-refractivity contribution in [2.75, 3.05) is 13.4 Å². The molecule has 0 spiro atoms. The Morgan fingerprint density at radius 3 is 2.76 bits per heavy atom. The molecule has 11 nitrogen and oxygen atoms in total. The van der Waals surface area contributed by atoms with Crippen LogP contribution in [-0.4, -0.2) is 56.5 Å². The molecule has 0 radical (unpaired) electrons. The number of oxime groups is 1. The van der Waals surface area contributed by atoms with Crippen molar-refractivity contribution >= 4 is 17.3 Å². The lowest BCUT2D eigenvalue weighted by Crippen LogP contribution is -2.53. The number of halogens is 1. The second-order valence-corrected chi connectivity index (χ2v) is 9.93. The molecule has 5 atom stereocenters. The Kier molecular flexibility index (Phi) is 5.05. The molecule has 2 aromatic rings. The number of aliphatic hydroxyl groups is 1. The topological polar surface area (TPSA) is 122 Å². The van der Waals surface area contributed by atoms with Crippen LogP contribution in [0, 0.1) is 11.8 Å². The highest BCUT2D eigenvalue weighted by atomic mass is 35.5. The van der Waals surface area contributed by atoms with Gasteiger partial charge in [0.25, 0.3) is 0 Å². The van der Waals surface area contributed by atoms with Gasteiger partial charge in [0.2, 0.25) is 6.79 Å². The summed E-state index contributed by atoms with van der Waals surface area (Å²) < 4.78 is 20.3. The van der Waals surface area contributed by atoms with Crippen molar-refractivity contribution in [2.45, 2.75) is 57.7 Å². The van der Waals surface area contributed by atoms with Gasteiger partial charge in [-0.2, -0.15) is 0 Å². The summed E-state index contributed by atoms with van der Waals surface area (Å²) in [6.45, 7) is 4.88. The predicted molar refractivity (Wildman–Crippen MR) is 120 cm³/mol. The van der Waals surface area contributed by atoms with Gasteiger partial charge in [0.05, 0.1) is 18.3 Å². The van der Waals surface area contributed by atoms with Crippen molar-refractivity contribution in [1.29, 1.82) is 0 Å². The van der Waals surface area contributed by atoms with E-state index in [1.165, 1.54) is 9.36 Å². The zero-order valence-electron chi connectivity index (χ0n) is 18.7. The van der Waals surface area contributed by atoms with E-state index in [-0.39, 0.29) is 25.4 Å². The maximum Gasteiger partial charge on any atom is 0.347 e. The van der Waals surface area contributed by atoms with E-state index in [0.717, 1.165) is 4.57 Å². The van der Waals surface area contributed by atoms with Crippen LogP contribution in [0.5, 0.6) is 11.5 Å². The first kappa shape index (κ1) is 21.8. The highest BCUT2D eigenvalue weighted by molar-refractivity contribution is 6.31. The van der Waals surface area contributed by atoms with Crippen LogP contribution < -0.4 is 20.9 Å². The van der Waals surface area contributed by atoms with Gasteiger partial charge in [-0.15, -0.1) is 0 Å². The van der Waals surface area contributed by atoms with E-state index < -0.39 is 29.6 Å². The third-order valence-electron chi connectivity index (χ3n) is 6.82. The largest absolute Gasteiger partial charge is 0.454 e. The fraction of sp³-hybridized carbons (Fsp3) is 0.591. The van der Waals surface area contributed by atoms with Gasteiger partial charge in [0.15, 0.2) is 11.5 Å². The van der Waals surface area contributed by atoms with Crippen LogP contribution in [0.4, 0.5) is 0 Å². The van der Waals surface area contributed by atoms with E-state index in [1.807, 2.05) is 13.8 Å². The van der Waals surface area contributed by atoms with Gasteiger partial charge >= 0.3 is 11.4 Å². The zero-order chi connectivity index (χ0) is 23.7. The van der Waals surface area contributed by atoms with Gasteiger partial charge in [0.1, 0.15) is 24.9 Å². The normalized spacial score (nSPS) is 29.7. The molecule has 1 aromatic heterocycles. The van der Waals surface area contributed by atoms with Gasteiger partial charge in [-0.3, -0.25) is 0 Å². The second-order valence-electron chi connectivity index (χ2n) is 9.52. The Bertz CT molecular complexity index is 1300. The van der Waals surface area contributed by atoms with Gasteiger partial charge in [-0.1, -0.05) is 30.6 Å². The number of rotatable bonds is 5. The van der Waals surface area contributed by atoms with Crippen LogP contribution in [0.15, 0.2) is 26.9 Å². The molecule has 0 unspecified atom stereocenters. The number of ether oxygens (including phenoxy) is 3. The monoisotopic (exact) mass is 492 g/mol. The van der Waals surface area contributed by atoms with Crippen LogP contribution in [-0.2, 0) is 22.7 Å². The minimum absolute atomic E-state index is 0.0331. The Morgan fingerprint density at radius 2 is 2.00 bits per heavy atom. The molecule has 6 rings (SSSR count). The fourth-order valence-electron chi connectivity index (χ4n) is 5.13. The molecule has 1 saturated heterocycles. The maximum atomic E-state index is 13.5. The minimum Gasteiger partial charge on any atom is -0.454 e. The quantitative estimate of drug-likeness (QED) is 0.487. The first-order chi connectivity index (χ1) is 16.3. The van der Waals surface area contributed by atoms with Crippen LogP contribution in [0.1, 0.15) is 31.9 Å². The maximum absolute atomic E-state index is 13.5. The number of hydrogen-bond acceptors (Lipinski definition) is 8. The van der Waals surface area contributed by atoms with Crippen molar-refractivity contribution < 1.29 is 24.2 Å². The van der Waals surface area contributed by atoms with Crippen LogP contribution in [0.3, 0.4) is 0 Å². The summed E-state index contributed by atoms with van der Waals surface area (Å²) in [5.41, 5.74) is 0.272. The van der Waals surface area contributed by atoms with Gasteiger partial charge in [-0.25, -0.2) is 23.5 Å². The molecule has 1 saturated carbocycles. The first-order valence-electron chi connectivity index (χ1n) is 11.4. The van der Waals surface area contributed by atoms with E-state index in [4.69, 9.17) is 30.6 Å². The smallest absolute Gasteiger partial charge is 0.347 e. The lowest BCUT2D eigenvalue weighted by molar-refractivity contribution is 0.0318. The minimum atomic E-state index is -0.937. The molecule has 0 amide bonds. The summed E-state index contributed by atoms with van der Waals surface area (Å²) >= 11 is 6.38. The summed E-state index contributed by atoms with van der Waals surface area (Å²) in [6, 6.07) is 2.62. The molecule has 1 aliphatic carbocycles. The van der Waals surface area contributed by atoms with Crippen molar-refractivity contribution in [2.24, 2.45) is 17.0 Å². The molecule has 2 fully saturated rings. The molecule has 1 aromatic carbocycles. The SMILES string of the molecule is CC(C)CO/N=C1/[C@H]2O[C@@H]2[C@@H](O)[C@H]2[C@H]1CCn1c(=O)n(Cc3cc4c(cc3Cl)OCO4)c(=O)n12. The number of epoxide rings is 1. The van der Waals surface area contributed by atoms with Crippen LogP contribution in [0.25, 0.3) is 0 Å². The number of aliphatic hydroxyl groups excluding tert-OH is 1. The molecule has 0 bridgehead atoms. The van der Waals surface area contributed by atoms with Crippen molar-refractivity contribution in [3.63, 3.8) is 0 Å². The summed E-state index contributed by atoms with van der Waals surface area (Å²) in [5, 5.41) is 15.7. The highest BCUT2D eigenvalue weighted by Crippen LogP contribution is 2.46. The molecule has 34 heavy (non-hydrogen) atoms. The predicted octanol–water partition coefficient (Wildman–Crippen LogP) is 0.973. The lowest BCUT2D eigenvalue weighted by Gasteiger charge is -2.38. The average molecular weight is 493 g/mol. The van der Waals surface area contributed by atoms with E-state index in [9.17, 15) is 14.7 Å². The summed E-state index contributed by atoms with van der Waals surface area (Å²) in [5.74, 6) is 1.07. The number of benzene rings is 1. The van der Waals surface area contributed by atoms with Gasteiger partial charge in [0, 0.05) is 23.6 Å². The number of hydrogen-bond donors (Lipinski definition) is 1. The fourth-order valence-corrected chi connectivity index (χ4v) is 5.35. The zero-order valence-corrected chi connectivity index (χ0v) is 19.5. The highest BCUT2D eigenvalue weighted by Gasteiger charge is 2.61. The van der Waals surface area contributed by atoms with Crippen molar-refractivity contribution in [1.82, 2.24) is 13.9 Å². The third-order valence-corrected chi connectivity index (χ3v) is 7.17. The Labute approximate surface area is 199 Å². The molecular formula is C22H25ClN4O7. The van der Waals surface area contributed by atoms with E-state index in [0.29, 0.717) is 53.3 Å². The molecule has 4 heterocycles. The Balaban J connectivity index is 1.37. The third kappa shape index (κ3) is 3.29. The van der Waals surface area contributed by atoms with Crippen LogP contribution >= 0.6 is 11.6 Å². The first-order valence-corrected chi connectivity index (χ1v) is 11.8. The van der Waals surface area contributed by atoms with Crippen LogP contribution in [0.2, 0.25) is 5.02 Å². The number of aromatic nitrogens is 3. The standard InChI is InChI=1S/C22H25ClN4O7/c1-10(2)8-33-24-16-12-3-4-26-21(29)25(7-11-5-14-15(6-13(11)23)32-9-31-14)22(30)27(26)17(12)18(28)20-19(16)34-20/h5-6,10,12,17-20,28H,3-4,7-9H2,1-2H3/b24-16+/t12-,17+,18-,19+,20+/m0/s1. The molecule has 4 aliphatic rings. The number of nitrogens with zero attached hydrogens (tertiary/aromatic N) is 4. The summed E-state index contributed by atoms with van der Waals surface area (Å²) in [4.78, 5) is 32.2. The summed E-state index contributed by atoms with van der Waals surface area (Å²) in [7, 11) is 0. The van der Waals surface area contributed by atoms with Gasteiger partial charge in [-0.05, 0) is 24.0 Å². The van der Waals surface area contributed by atoms with Gasteiger partial charge < -0.3 is 24.2 Å². The van der Waals surface area contributed by atoms with Crippen molar-refractivity contribution in [3.05, 3.63) is 43.7 Å². The Hall–Kier alpha value is -2.76. The molecule has 182 valence electrons. The second kappa shape index (κ2) is 7.89. The molecular weight excluding hydrogens is 468 g/mol. The average Bonchev–Trinajstić information content (AvgIpc) is 3.42. The van der Waals surface area contributed by atoms with E-state index >= 15 is 0 Å². The number of fused-ring (bicyclic) bond motifs is 5. The molecule has 3 aliphatic heterocycles.